The first-order valence-electron chi connectivity index (χ1n) is 11.1. The summed E-state index contributed by atoms with van der Waals surface area (Å²) in [7, 11) is 1.44. The van der Waals surface area contributed by atoms with Crippen molar-refractivity contribution >= 4 is 39.9 Å². The van der Waals surface area contributed by atoms with Crippen LogP contribution in [0.25, 0.3) is 11.1 Å². The van der Waals surface area contributed by atoms with Crippen LogP contribution in [0.2, 0.25) is 5.15 Å². The Balaban J connectivity index is 1.33. The molecule has 38 heavy (non-hydrogen) atoms. The number of alkyl halides is 2. The van der Waals surface area contributed by atoms with Gasteiger partial charge in [0.2, 0.25) is 5.88 Å². The lowest BCUT2D eigenvalue weighted by atomic mass is 10.0. The van der Waals surface area contributed by atoms with Crippen molar-refractivity contribution in [3.05, 3.63) is 74.9 Å². The number of fused-ring (bicyclic) bond motifs is 1. The second-order valence-electron chi connectivity index (χ2n) is 8.24. The Morgan fingerprint density at radius 3 is 2.63 bits per heavy atom. The number of amides is 2. The highest BCUT2D eigenvalue weighted by Gasteiger charge is 2.29. The largest absolute Gasteiger partial charge is 0.479 e. The number of ether oxygens (including phenoxy) is 1. The highest BCUT2D eigenvalue weighted by Crippen LogP contribution is 2.35. The summed E-state index contributed by atoms with van der Waals surface area (Å²) in [6.07, 6.45) is -0.215. The van der Waals surface area contributed by atoms with Crippen LogP contribution in [0, 0.1) is 6.92 Å². The number of hydrogen-bond acceptors (Lipinski definition) is 9. The normalized spacial score (nSPS) is 12.5. The summed E-state index contributed by atoms with van der Waals surface area (Å²) in [4.78, 5) is 40.9. The molecule has 194 valence electrons. The van der Waals surface area contributed by atoms with Crippen LogP contribution in [-0.4, -0.2) is 49.0 Å². The predicted octanol–water partition coefficient (Wildman–Crippen LogP) is 4.71. The molecule has 1 aliphatic heterocycles. The monoisotopic (exact) mass is 557 g/mol. The zero-order valence-electron chi connectivity index (χ0n) is 19.9. The maximum atomic E-state index is 13.2. The Hall–Kier alpha value is -4.10. The van der Waals surface area contributed by atoms with Gasteiger partial charge >= 0.3 is 0 Å². The molecule has 0 saturated carbocycles. The third kappa shape index (κ3) is 5.02. The number of methoxy groups -OCH3 is 1. The van der Waals surface area contributed by atoms with Crippen molar-refractivity contribution in [1.82, 2.24) is 30.0 Å². The fourth-order valence-electron chi connectivity index (χ4n) is 3.89. The van der Waals surface area contributed by atoms with Gasteiger partial charge in [0, 0.05) is 34.8 Å². The summed E-state index contributed by atoms with van der Waals surface area (Å²) in [5, 5.41) is 11.0. The summed E-state index contributed by atoms with van der Waals surface area (Å²) < 4.78 is 30.8. The van der Waals surface area contributed by atoms with Gasteiger partial charge < -0.3 is 9.64 Å². The van der Waals surface area contributed by atoms with Gasteiger partial charge in [0.1, 0.15) is 5.69 Å². The summed E-state index contributed by atoms with van der Waals surface area (Å²) in [6.45, 7) is 2.25. The number of carbonyl (C=O) groups excluding carboxylic acids is 2. The summed E-state index contributed by atoms with van der Waals surface area (Å²) in [5.74, 6) is -0.646. The van der Waals surface area contributed by atoms with Gasteiger partial charge in [0.05, 0.1) is 36.3 Å². The van der Waals surface area contributed by atoms with Gasteiger partial charge in [-0.2, -0.15) is 0 Å². The number of nitrogens with zero attached hydrogens (tertiary/aromatic N) is 6. The molecule has 2 amide bonds. The molecule has 0 bridgehead atoms. The number of aromatic nitrogens is 5. The molecule has 5 heterocycles. The van der Waals surface area contributed by atoms with E-state index >= 15 is 0 Å². The van der Waals surface area contributed by atoms with Gasteiger partial charge in [0.15, 0.2) is 10.3 Å². The molecule has 0 spiro atoms. The molecule has 4 aromatic rings. The van der Waals surface area contributed by atoms with Crippen LogP contribution in [0.4, 0.5) is 13.9 Å². The van der Waals surface area contributed by atoms with Gasteiger partial charge in [-0.1, -0.05) is 22.9 Å². The first kappa shape index (κ1) is 25.5. The van der Waals surface area contributed by atoms with E-state index in [4.69, 9.17) is 16.3 Å². The third-order valence-corrected chi connectivity index (χ3v) is 6.90. The number of pyridine rings is 2. The number of nitrogens with one attached hydrogen (secondary N) is 1. The predicted molar refractivity (Wildman–Crippen MR) is 134 cm³/mol. The van der Waals surface area contributed by atoms with E-state index in [1.807, 2.05) is 0 Å². The first-order chi connectivity index (χ1) is 18.2. The Labute approximate surface area is 223 Å². The highest BCUT2D eigenvalue weighted by molar-refractivity contribution is 7.16. The minimum absolute atomic E-state index is 0.0682. The standard InChI is InChI=1S/C24H18ClF2N7O3S/c1-11-5-13(14-6-19(25)32-33-22(14)37-2)15(8-28-11)21(35)31-24-30-17-9-34(10-18(17)38-24)23(36)16-4-3-12(7-29-16)20(26)27/h3-8,20H,9-10H2,1-2H3,(H,30,31,35). The molecule has 0 radical (unpaired) electrons. The number of rotatable bonds is 6. The summed E-state index contributed by atoms with van der Waals surface area (Å²) in [5.41, 5.74) is 2.36. The van der Waals surface area contributed by atoms with Crippen molar-refractivity contribution in [1.29, 1.82) is 0 Å². The van der Waals surface area contributed by atoms with Crippen LogP contribution in [0.3, 0.4) is 0 Å². The lowest BCUT2D eigenvalue weighted by Crippen LogP contribution is -2.26. The first-order valence-corrected chi connectivity index (χ1v) is 12.3. The molecule has 0 fully saturated rings. The topological polar surface area (TPSA) is 123 Å². The van der Waals surface area contributed by atoms with Crippen molar-refractivity contribution in [2.45, 2.75) is 26.4 Å². The number of carbonyl (C=O) groups is 2. The fraction of sp³-hybridized carbons (Fsp3) is 0.208. The minimum atomic E-state index is -2.66. The van der Waals surface area contributed by atoms with Gasteiger partial charge in [-0.3, -0.25) is 24.9 Å². The van der Waals surface area contributed by atoms with Crippen LogP contribution in [-0.2, 0) is 13.1 Å². The van der Waals surface area contributed by atoms with E-state index in [1.54, 1.807) is 19.1 Å². The number of halogens is 3. The highest BCUT2D eigenvalue weighted by atomic mass is 35.5. The Bertz CT molecular complexity index is 1530. The zero-order valence-corrected chi connectivity index (χ0v) is 21.5. The van der Waals surface area contributed by atoms with E-state index in [2.05, 4.69) is 30.5 Å². The number of hydrogen-bond donors (Lipinski definition) is 1. The molecule has 0 atom stereocenters. The van der Waals surface area contributed by atoms with Crippen molar-refractivity contribution in [2.75, 3.05) is 12.4 Å². The lowest BCUT2D eigenvalue weighted by Gasteiger charge is -2.15. The Kier molecular flexibility index (Phi) is 6.95. The minimum Gasteiger partial charge on any atom is -0.479 e. The van der Waals surface area contributed by atoms with Crippen molar-refractivity contribution in [2.24, 2.45) is 0 Å². The van der Waals surface area contributed by atoms with Crippen molar-refractivity contribution < 1.29 is 23.1 Å². The SMILES string of the molecule is COc1nnc(Cl)cc1-c1cc(C)ncc1C(=O)Nc1nc2c(s1)CN(C(=O)c1ccc(C(F)F)cn1)C2. The molecule has 4 aromatic heterocycles. The molecule has 5 rings (SSSR count). The number of anilines is 1. The molecular formula is C24H18ClF2N7O3S. The number of aryl methyl sites for hydroxylation is 1. The summed E-state index contributed by atoms with van der Waals surface area (Å²) in [6, 6.07) is 5.74. The van der Waals surface area contributed by atoms with Crippen molar-refractivity contribution in [3.8, 4) is 17.0 Å². The lowest BCUT2D eigenvalue weighted by molar-refractivity contribution is 0.0744. The molecule has 0 aromatic carbocycles. The summed E-state index contributed by atoms with van der Waals surface area (Å²) >= 11 is 7.28. The molecule has 1 aliphatic rings. The second-order valence-corrected chi connectivity index (χ2v) is 9.71. The molecule has 0 saturated heterocycles. The van der Waals surface area contributed by atoms with Crippen LogP contribution in [0.15, 0.2) is 36.7 Å². The molecule has 0 unspecified atom stereocenters. The maximum Gasteiger partial charge on any atom is 0.273 e. The zero-order chi connectivity index (χ0) is 27.0. The van der Waals surface area contributed by atoms with Crippen molar-refractivity contribution in [3.63, 3.8) is 0 Å². The van der Waals surface area contributed by atoms with E-state index in [9.17, 15) is 18.4 Å². The van der Waals surface area contributed by atoms with E-state index in [0.29, 0.717) is 27.6 Å². The number of thiazole rings is 1. The molecule has 14 heteroatoms. The quantitative estimate of drug-likeness (QED) is 0.362. The smallest absolute Gasteiger partial charge is 0.273 e. The van der Waals surface area contributed by atoms with Crippen LogP contribution in [0.1, 0.15) is 49.1 Å². The molecular weight excluding hydrogens is 540 g/mol. The average molecular weight is 558 g/mol. The molecule has 0 aliphatic carbocycles. The van der Waals surface area contributed by atoms with Crippen LogP contribution >= 0.6 is 22.9 Å². The van der Waals surface area contributed by atoms with E-state index < -0.39 is 18.2 Å². The maximum absolute atomic E-state index is 13.2. The van der Waals surface area contributed by atoms with E-state index in [0.717, 1.165) is 11.1 Å². The van der Waals surface area contributed by atoms with Crippen LogP contribution < -0.4 is 10.1 Å². The van der Waals surface area contributed by atoms with Crippen LogP contribution in [0.5, 0.6) is 5.88 Å². The van der Waals surface area contributed by atoms with Gasteiger partial charge in [-0.05, 0) is 31.2 Å². The Morgan fingerprint density at radius 2 is 1.95 bits per heavy atom. The molecule has 1 N–H and O–H groups in total. The fourth-order valence-corrected chi connectivity index (χ4v) is 5.02. The third-order valence-electron chi connectivity index (χ3n) is 5.72. The molecule has 10 nitrogen and oxygen atoms in total. The average Bonchev–Trinajstić information content (AvgIpc) is 3.47. The van der Waals surface area contributed by atoms with E-state index in [-0.39, 0.29) is 40.9 Å². The van der Waals surface area contributed by atoms with Gasteiger partial charge in [-0.25, -0.2) is 13.8 Å². The Morgan fingerprint density at radius 1 is 1.13 bits per heavy atom. The second kappa shape index (κ2) is 10.3. The van der Waals surface area contributed by atoms with Gasteiger partial charge in [-0.15, -0.1) is 10.2 Å². The van der Waals surface area contributed by atoms with Gasteiger partial charge in [0.25, 0.3) is 18.2 Å². The van der Waals surface area contributed by atoms with E-state index in [1.165, 1.54) is 41.7 Å².